The molecule has 2 aromatic carbocycles. The molecule has 2 N–H and O–H groups in total. The van der Waals surface area contributed by atoms with Crippen molar-refractivity contribution in [3.05, 3.63) is 57.6 Å². The van der Waals surface area contributed by atoms with Gasteiger partial charge in [0.15, 0.2) is 0 Å². The molecular formula is C14H13Cl2NO3S. The summed E-state index contributed by atoms with van der Waals surface area (Å²) >= 11 is 12.1. The van der Waals surface area contributed by atoms with Crippen molar-refractivity contribution in [2.75, 3.05) is 0 Å². The molecule has 0 atom stereocenters. The van der Waals surface area contributed by atoms with E-state index in [9.17, 15) is 8.42 Å². The van der Waals surface area contributed by atoms with Gasteiger partial charge in [-0.15, -0.1) is 0 Å². The molecule has 0 saturated heterocycles. The number of sulfonamides is 1. The van der Waals surface area contributed by atoms with E-state index in [0.29, 0.717) is 26.9 Å². The fraction of sp³-hybridized carbons (Fsp3) is 0.143. The Morgan fingerprint density at radius 2 is 1.76 bits per heavy atom. The molecule has 0 aliphatic carbocycles. The summed E-state index contributed by atoms with van der Waals surface area (Å²) in [6.07, 6.45) is 0. The molecule has 0 bridgehead atoms. The summed E-state index contributed by atoms with van der Waals surface area (Å²) in [6, 6.07) is 9.75. The van der Waals surface area contributed by atoms with E-state index in [1.807, 2.05) is 0 Å². The smallest absolute Gasteiger partial charge is 0.238 e. The highest BCUT2D eigenvalue weighted by Crippen LogP contribution is 2.27. The average Bonchev–Trinajstić information content (AvgIpc) is 2.36. The molecule has 2 rings (SSSR count). The highest BCUT2D eigenvalue weighted by Gasteiger charge is 2.12. The molecule has 0 heterocycles. The Hall–Kier alpha value is -1.27. The van der Waals surface area contributed by atoms with Crippen LogP contribution in [0.2, 0.25) is 10.0 Å². The summed E-state index contributed by atoms with van der Waals surface area (Å²) < 4.78 is 28.3. The summed E-state index contributed by atoms with van der Waals surface area (Å²) in [4.78, 5) is 0.0747. The van der Waals surface area contributed by atoms with Crippen molar-refractivity contribution in [1.29, 1.82) is 0 Å². The number of aryl methyl sites for hydroxylation is 1. The summed E-state index contributed by atoms with van der Waals surface area (Å²) in [5, 5.41) is 6.14. The van der Waals surface area contributed by atoms with E-state index in [-0.39, 0.29) is 11.5 Å². The lowest BCUT2D eigenvalue weighted by atomic mass is 10.2. The normalized spacial score (nSPS) is 11.4. The Kier molecular flexibility index (Phi) is 4.78. The topological polar surface area (TPSA) is 69.4 Å². The fourth-order valence-electron chi connectivity index (χ4n) is 1.86. The van der Waals surface area contributed by atoms with Gasteiger partial charge >= 0.3 is 0 Å². The van der Waals surface area contributed by atoms with Gasteiger partial charge in [-0.25, -0.2) is 13.6 Å². The zero-order valence-corrected chi connectivity index (χ0v) is 13.5. The maximum absolute atomic E-state index is 11.3. The van der Waals surface area contributed by atoms with Crippen molar-refractivity contribution >= 4 is 33.2 Å². The lowest BCUT2D eigenvalue weighted by Gasteiger charge is -2.11. The van der Waals surface area contributed by atoms with Crippen molar-refractivity contribution in [2.24, 2.45) is 5.14 Å². The number of rotatable bonds is 4. The minimum atomic E-state index is -3.73. The Bertz CT molecular complexity index is 756. The molecule has 2 aromatic rings. The quantitative estimate of drug-likeness (QED) is 0.921. The fourth-order valence-corrected chi connectivity index (χ4v) is 3.13. The van der Waals surface area contributed by atoms with Crippen LogP contribution in [0.4, 0.5) is 0 Å². The van der Waals surface area contributed by atoms with Crippen molar-refractivity contribution in [3.8, 4) is 5.75 Å². The zero-order chi connectivity index (χ0) is 15.6. The van der Waals surface area contributed by atoms with Gasteiger partial charge in [0, 0.05) is 15.6 Å². The second-order valence-corrected chi connectivity index (χ2v) is 6.81. The number of hydrogen-bond acceptors (Lipinski definition) is 3. The Balaban J connectivity index is 2.20. The number of hydrogen-bond donors (Lipinski definition) is 1. The molecule has 112 valence electrons. The number of primary sulfonamides is 1. The van der Waals surface area contributed by atoms with E-state index in [2.05, 4.69) is 0 Å². The van der Waals surface area contributed by atoms with Crippen LogP contribution in [0.1, 0.15) is 11.1 Å². The van der Waals surface area contributed by atoms with Crippen molar-refractivity contribution < 1.29 is 13.2 Å². The predicted molar refractivity (Wildman–Crippen MR) is 83.3 cm³/mol. The third-order valence-corrected chi connectivity index (χ3v) is 4.68. The molecule has 0 amide bonds. The van der Waals surface area contributed by atoms with Gasteiger partial charge in [0.1, 0.15) is 12.4 Å². The van der Waals surface area contributed by atoms with Crippen molar-refractivity contribution in [2.45, 2.75) is 18.4 Å². The second-order valence-electron chi connectivity index (χ2n) is 4.46. The first kappa shape index (κ1) is 16.1. The van der Waals surface area contributed by atoms with Crippen molar-refractivity contribution in [1.82, 2.24) is 0 Å². The minimum absolute atomic E-state index is 0.0747. The third-order valence-electron chi connectivity index (χ3n) is 2.90. The first-order valence-electron chi connectivity index (χ1n) is 5.98. The van der Waals surface area contributed by atoms with Crippen LogP contribution in [0, 0.1) is 6.92 Å². The van der Waals surface area contributed by atoms with Crippen LogP contribution in [-0.2, 0) is 16.6 Å². The molecule has 0 unspecified atom stereocenters. The van der Waals surface area contributed by atoms with Gasteiger partial charge in [-0.2, -0.15) is 0 Å². The van der Waals surface area contributed by atoms with Gasteiger partial charge in [0.2, 0.25) is 10.0 Å². The number of nitrogens with two attached hydrogens (primary N) is 1. The van der Waals surface area contributed by atoms with E-state index >= 15 is 0 Å². The third kappa shape index (κ3) is 3.89. The Morgan fingerprint density at radius 1 is 1.14 bits per heavy atom. The predicted octanol–water partition coefficient (Wildman–Crippen LogP) is 3.53. The van der Waals surface area contributed by atoms with Gasteiger partial charge in [0.05, 0.1) is 4.90 Å². The van der Waals surface area contributed by atoms with Crippen LogP contribution in [0.25, 0.3) is 0 Å². The Labute approximate surface area is 133 Å². The molecule has 21 heavy (non-hydrogen) atoms. The molecule has 0 radical (unpaired) electrons. The SMILES string of the molecule is Cc1cc(OCc2c(Cl)cccc2Cl)ccc1S(N)(=O)=O. The lowest BCUT2D eigenvalue weighted by molar-refractivity contribution is 0.306. The molecule has 0 aromatic heterocycles. The van der Waals surface area contributed by atoms with Gasteiger partial charge in [-0.3, -0.25) is 0 Å². The maximum atomic E-state index is 11.3. The summed E-state index contributed by atoms with van der Waals surface area (Å²) in [6.45, 7) is 1.84. The van der Waals surface area contributed by atoms with E-state index in [1.165, 1.54) is 12.1 Å². The first-order chi connectivity index (χ1) is 9.79. The molecule has 0 aliphatic rings. The van der Waals surface area contributed by atoms with Gasteiger partial charge in [0.25, 0.3) is 0 Å². The van der Waals surface area contributed by atoms with E-state index < -0.39 is 10.0 Å². The molecule has 0 fully saturated rings. The van der Waals surface area contributed by atoms with Crippen LogP contribution in [0.15, 0.2) is 41.3 Å². The molecule has 0 spiro atoms. The molecular weight excluding hydrogens is 333 g/mol. The number of benzene rings is 2. The monoisotopic (exact) mass is 345 g/mol. The maximum Gasteiger partial charge on any atom is 0.238 e. The zero-order valence-electron chi connectivity index (χ0n) is 11.1. The second kappa shape index (κ2) is 6.23. The summed E-state index contributed by atoms with van der Waals surface area (Å²) in [7, 11) is -3.73. The van der Waals surface area contributed by atoms with Gasteiger partial charge in [-0.05, 0) is 42.8 Å². The van der Waals surface area contributed by atoms with Crippen LogP contribution in [0.5, 0.6) is 5.75 Å². The molecule has 7 heteroatoms. The number of halogens is 2. The lowest BCUT2D eigenvalue weighted by Crippen LogP contribution is -2.13. The summed E-state index contributed by atoms with van der Waals surface area (Å²) in [5.74, 6) is 0.510. The standard InChI is InChI=1S/C14H13Cl2NO3S/c1-9-7-10(5-6-14(9)21(17,18)19)20-8-11-12(15)3-2-4-13(11)16/h2-7H,8H2,1H3,(H2,17,18,19). The Morgan fingerprint density at radius 3 is 2.29 bits per heavy atom. The minimum Gasteiger partial charge on any atom is -0.489 e. The summed E-state index contributed by atoms with van der Waals surface area (Å²) in [5.41, 5.74) is 1.19. The highest BCUT2D eigenvalue weighted by molar-refractivity contribution is 7.89. The first-order valence-corrected chi connectivity index (χ1v) is 8.28. The van der Waals surface area contributed by atoms with Crippen LogP contribution < -0.4 is 9.88 Å². The van der Waals surface area contributed by atoms with E-state index in [0.717, 1.165) is 0 Å². The van der Waals surface area contributed by atoms with E-state index in [4.69, 9.17) is 33.1 Å². The molecule has 4 nitrogen and oxygen atoms in total. The highest BCUT2D eigenvalue weighted by atomic mass is 35.5. The van der Waals surface area contributed by atoms with Crippen LogP contribution >= 0.6 is 23.2 Å². The molecule has 0 saturated carbocycles. The van der Waals surface area contributed by atoms with Crippen LogP contribution in [0.3, 0.4) is 0 Å². The van der Waals surface area contributed by atoms with Crippen LogP contribution in [-0.4, -0.2) is 8.42 Å². The average molecular weight is 346 g/mol. The van der Waals surface area contributed by atoms with Gasteiger partial charge < -0.3 is 4.74 Å². The largest absolute Gasteiger partial charge is 0.489 e. The number of ether oxygens (including phenoxy) is 1. The van der Waals surface area contributed by atoms with E-state index in [1.54, 1.807) is 31.2 Å². The van der Waals surface area contributed by atoms with Gasteiger partial charge in [-0.1, -0.05) is 29.3 Å². The molecule has 0 aliphatic heterocycles. The van der Waals surface area contributed by atoms with Crippen molar-refractivity contribution in [3.63, 3.8) is 0 Å².